The maximum Gasteiger partial charge on any atom is 0.165 e. The topological polar surface area (TPSA) is 49.7 Å². The fraction of sp³-hybridized carbons (Fsp3) is 0.619. The molecule has 3 rings (SSSR count). The van der Waals surface area contributed by atoms with E-state index in [1.807, 2.05) is 19.9 Å². The van der Waals surface area contributed by atoms with Crippen LogP contribution in [0.5, 0.6) is 11.5 Å². The normalized spacial score (nSPS) is 21.6. The highest BCUT2D eigenvalue weighted by atomic mass is 16.5. The SMILES string of the molecule is C=CC1Cc2c(CC(C(C)(C)O)[N+](C)(C)CC3CC3)ccc(O)c2O1. The summed E-state index contributed by atoms with van der Waals surface area (Å²) in [5.41, 5.74) is 1.43. The first-order valence-corrected chi connectivity index (χ1v) is 9.30. The number of quaternary nitrogens is 1. The van der Waals surface area contributed by atoms with Gasteiger partial charge in [-0.15, -0.1) is 0 Å². The first-order valence-electron chi connectivity index (χ1n) is 9.30. The fourth-order valence-electron chi connectivity index (χ4n) is 4.38. The van der Waals surface area contributed by atoms with Crippen LogP contribution in [-0.4, -0.2) is 53.1 Å². The lowest BCUT2D eigenvalue weighted by atomic mass is 9.87. The molecule has 0 amide bonds. The molecule has 0 aromatic heterocycles. The van der Waals surface area contributed by atoms with E-state index in [0.29, 0.717) is 5.75 Å². The minimum Gasteiger partial charge on any atom is -0.504 e. The molecule has 1 aliphatic carbocycles. The molecule has 2 unspecified atom stereocenters. The molecule has 1 aromatic carbocycles. The van der Waals surface area contributed by atoms with E-state index in [1.54, 1.807) is 12.1 Å². The second-order valence-corrected chi connectivity index (χ2v) is 8.93. The Morgan fingerprint density at radius 2 is 2.04 bits per heavy atom. The lowest BCUT2D eigenvalue weighted by Crippen LogP contribution is -2.60. The first-order chi connectivity index (χ1) is 11.6. The number of nitrogens with zero attached hydrogens (tertiary/aromatic N) is 1. The number of benzene rings is 1. The molecule has 1 aliphatic heterocycles. The van der Waals surface area contributed by atoms with Crippen LogP contribution in [0.25, 0.3) is 0 Å². The van der Waals surface area contributed by atoms with Crippen molar-refractivity contribution in [2.45, 2.75) is 57.3 Å². The minimum absolute atomic E-state index is 0.0736. The van der Waals surface area contributed by atoms with Gasteiger partial charge >= 0.3 is 0 Å². The molecule has 2 atom stereocenters. The van der Waals surface area contributed by atoms with Gasteiger partial charge < -0.3 is 19.4 Å². The molecule has 2 aliphatic rings. The van der Waals surface area contributed by atoms with Crippen LogP contribution in [0.1, 0.15) is 37.8 Å². The van der Waals surface area contributed by atoms with Crippen molar-refractivity contribution in [2.24, 2.45) is 5.92 Å². The van der Waals surface area contributed by atoms with Crippen LogP contribution in [0, 0.1) is 5.92 Å². The lowest BCUT2D eigenvalue weighted by molar-refractivity contribution is -0.923. The van der Waals surface area contributed by atoms with Gasteiger partial charge in [0.15, 0.2) is 11.5 Å². The quantitative estimate of drug-likeness (QED) is 0.589. The largest absolute Gasteiger partial charge is 0.504 e. The van der Waals surface area contributed by atoms with Crippen molar-refractivity contribution in [3.8, 4) is 11.5 Å². The summed E-state index contributed by atoms with van der Waals surface area (Å²) in [6, 6.07) is 3.77. The first kappa shape index (κ1) is 18.3. The monoisotopic (exact) mass is 346 g/mol. The number of ether oxygens (including phenoxy) is 1. The van der Waals surface area contributed by atoms with Crippen LogP contribution in [0.15, 0.2) is 24.8 Å². The van der Waals surface area contributed by atoms with Crippen LogP contribution in [-0.2, 0) is 12.8 Å². The summed E-state index contributed by atoms with van der Waals surface area (Å²) < 4.78 is 6.62. The van der Waals surface area contributed by atoms with E-state index in [4.69, 9.17) is 4.74 Å². The van der Waals surface area contributed by atoms with Gasteiger partial charge in [0, 0.05) is 24.3 Å². The van der Waals surface area contributed by atoms with Crippen LogP contribution >= 0.6 is 0 Å². The van der Waals surface area contributed by atoms with Crippen LogP contribution < -0.4 is 4.74 Å². The summed E-state index contributed by atoms with van der Waals surface area (Å²) in [5.74, 6) is 1.57. The Morgan fingerprint density at radius 3 is 2.60 bits per heavy atom. The predicted octanol–water partition coefficient (Wildman–Crippen LogP) is 3.05. The third kappa shape index (κ3) is 3.85. The minimum atomic E-state index is -0.791. The molecule has 1 saturated carbocycles. The number of hydrogen-bond acceptors (Lipinski definition) is 3. The number of rotatable bonds is 7. The highest BCUT2D eigenvalue weighted by Crippen LogP contribution is 2.41. The molecule has 25 heavy (non-hydrogen) atoms. The van der Waals surface area contributed by atoms with Gasteiger partial charge in [-0.3, -0.25) is 0 Å². The summed E-state index contributed by atoms with van der Waals surface area (Å²) in [4.78, 5) is 0. The van der Waals surface area contributed by atoms with Crippen molar-refractivity contribution in [1.82, 2.24) is 0 Å². The standard InChI is InChI=1S/C21H31NO3/c1-6-16-12-17-15(9-10-18(23)20(17)25-16)11-19(21(2,3)24)22(4,5)13-14-7-8-14/h6,9-10,14,16,19,24H,1,7-8,11-13H2,2-5H3/p+1. The Kier molecular flexibility index (Phi) is 4.63. The highest BCUT2D eigenvalue weighted by Gasteiger charge is 2.44. The number of fused-ring (bicyclic) bond motifs is 1. The second-order valence-electron chi connectivity index (χ2n) is 8.93. The Bertz CT molecular complexity index is 656. The van der Waals surface area contributed by atoms with Crippen molar-refractivity contribution in [1.29, 1.82) is 0 Å². The summed E-state index contributed by atoms with van der Waals surface area (Å²) in [6.07, 6.45) is 5.81. The fourth-order valence-corrected chi connectivity index (χ4v) is 4.38. The maximum atomic E-state index is 10.9. The molecule has 4 heteroatoms. The molecule has 1 fully saturated rings. The van der Waals surface area contributed by atoms with Crippen LogP contribution in [0.4, 0.5) is 0 Å². The number of phenolic OH excluding ortho intramolecular Hbond substituents is 1. The third-order valence-electron chi connectivity index (χ3n) is 5.77. The molecule has 138 valence electrons. The van der Waals surface area contributed by atoms with Crippen molar-refractivity contribution in [3.05, 3.63) is 35.9 Å². The molecule has 0 bridgehead atoms. The molecule has 0 radical (unpaired) electrons. The van der Waals surface area contributed by atoms with Gasteiger partial charge in [0.1, 0.15) is 17.7 Å². The third-order valence-corrected chi connectivity index (χ3v) is 5.77. The Morgan fingerprint density at radius 1 is 1.36 bits per heavy atom. The molecular weight excluding hydrogens is 314 g/mol. The number of aliphatic hydroxyl groups is 1. The van der Waals surface area contributed by atoms with E-state index in [-0.39, 0.29) is 17.9 Å². The molecule has 2 N–H and O–H groups in total. The Hall–Kier alpha value is -1.52. The van der Waals surface area contributed by atoms with E-state index in [9.17, 15) is 10.2 Å². The average molecular weight is 346 g/mol. The zero-order valence-corrected chi connectivity index (χ0v) is 16.0. The van der Waals surface area contributed by atoms with Crippen molar-refractivity contribution >= 4 is 0 Å². The van der Waals surface area contributed by atoms with Crippen LogP contribution in [0.2, 0.25) is 0 Å². The zero-order valence-electron chi connectivity index (χ0n) is 16.0. The predicted molar refractivity (Wildman–Crippen MR) is 99.9 cm³/mol. The van der Waals surface area contributed by atoms with Gasteiger partial charge in [-0.1, -0.05) is 18.7 Å². The van der Waals surface area contributed by atoms with E-state index < -0.39 is 5.60 Å². The average Bonchev–Trinajstić information content (AvgIpc) is 3.18. The summed E-state index contributed by atoms with van der Waals surface area (Å²) >= 11 is 0. The van der Waals surface area contributed by atoms with E-state index in [1.165, 1.54) is 12.8 Å². The van der Waals surface area contributed by atoms with Gasteiger partial charge in [0.2, 0.25) is 0 Å². The molecule has 1 heterocycles. The zero-order chi connectivity index (χ0) is 18.4. The van der Waals surface area contributed by atoms with Gasteiger partial charge in [-0.05, 0) is 38.3 Å². The highest BCUT2D eigenvalue weighted by molar-refractivity contribution is 5.53. The van der Waals surface area contributed by atoms with Gasteiger partial charge in [-0.25, -0.2) is 0 Å². The van der Waals surface area contributed by atoms with E-state index in [2.05, 4.69) is 20.7 Å². The Balaban J connectivity index is 1.91. The number of hydrogen-bond donors (Lipinski definition) is 2. The maximum absolute atomic E-state index is 10.9. The van der Waals surface area contributed by atoms with Crippen molar-refractivity contribution < 1.29 is 19.4 Å². The van der Waals surface area contributed by atoms with Gasteiger partial charge in [0.25, 0.3) is 0 Å². The van der Waals surface area contributed by atoms with E-state index >= 15 is 0 Å². The van der Waals surface area contributed by atoms with Gasteiger partial charge in [0.05, 0.1) is 20.6 Å². The molecule has 1 aromatic rings. The summed E-state index contributed by atoms with van der Waals surface area (Å²) in [7, 11) is 4.45. The molecule has 0 saturated heterocycles. The molecule has 4 nitrogen and oxygen atoms in total. The second kappa shape index (κ2) is 6.33. The number of aromatic hydroxyl groups is 1. The Labute approximate surface area is 151 Å². The summed E-state index contributed by atoms with van der Waals surface area (Å²) in [5, 5.41) is 21.0. The van der Waals surface area contributed by atoms with Crippen LogP contribution in [0.3, 0.4) is 0 Å². The lowest BCUT2D eigenvalue weighted by Gasteiger charge is -2.44. The van der Waals surface area contributed by atoms with Crippen molar-refractivity contribution in [2.75, 3.05) is 20.6 Å². The summed E-state index contributed by atoms with van der Waals surface area (Å²) in [6.45, 7) is 8.73. The number of likely N-dealkylation sites (N-methyl/N-ethyl adjacent to an activating group) is 1. The number of phenols is 1. The molecule has 0 spiro atoms. The molecular formula is C21H32NO3+. The van der Waals surface area contributed by atoms with Gasteiger partial charge in [-0.2, -0.15) is 0 Å². The smallest absolute Gasteiger partial charge is 0.165 e. The van der Waals surface area contributed by atoms with E-state index in [0.717, 1.165) is 40.9 Å². The van der Waals surface area contributed by atoms with Crippen molar-refractivity contribution in [3.63, 3.8) is 0 Å².